The maximum absolute atomic E-state index is 13.2. The quantitative estimate of drug-likeness (QED) is 0.752. The Balaban J connectivity index is 2.17. The fraction of sp³-hybridized carbons (Fsp3) is 0.333. The van der Waals surface area contributed by atoms with Crippen molar-refractivity contribution in [1.29, 1.82) is 0 Å². The topological polar surface area (TPSA) is 75.6 Å². The van der Waals surface area contributed by atoms with Gasteiger partial charge < -0.3 is 9.84 Å². The van der Waals surface area contributed by atoms with Crippen LogP contribution in [-0.4, -0.2) is 33.3 Å². The monoisotopic (exact) mass is 367 g/mol. The third kappa shape index (κ3) is 5.34. The van der Waals surface area contributed by atoms with E-state index >= 15 is 0 Å². The van der Waals surface area contributed by atoms with E-state index in [2.05, 4.69) is 4.72 Å². The van der Waals surface area contributed by atoms with Gasteiger partial charge in [-0.15, -0.1) is 0 Å². The zero-order valence-corrected chi connectivity index (χ0v) is 15.0. The van der Waals surface area contributed by atoms with Crippen LogP contribution in [0, 0.1) is 19.7 Å². The number of hydrogen-bond donors (Lipinski definition) is 2. The van der Waals surface area contributed by atoms with Crippen LogP contribution in [0.25, 0.3) is 0 Å². The molecule has 136 valence electrons. The lowest BCUT2D eigenvalue weighted by atomic mass is 10.1. The summed E-state index contributed by atoms with van der Waals surface area (Å²) in [4.78, 5) is 0.0266. The molecular formula is C18H22FNO4S. The summed E-state index contributed by atoms with van der Waals surface area (Å²) in [5, 5.41) is 8.98. The van der Waals surface area contributed by atoms with Gasteiger partial charge in [0, 0.05) is 6.54 Å². The summed E-state index contributed by atoms with van der Waals surface area (Å²) in [6, 6.07) is 11.0. The maximum Gasteiger partial charge on any atom is 0.240 e. The van der Waals surface area contributed by atoms with Crippen LogP contribution >= 0.6 is 0 Å². The highest BCUT2D eigenvalue weighted by Crippen LogP contribution is 2.20. The van der Waals surface area contributed by atoms with E-state index in [-0.39, 0.29) is 24.7 Å². The second-order valence-electron chi connectivity index (χ2n) is 5.76. The van der Waals surface area contributed by atoms with E-state index in [1.54, 1.807) is 0 Å². The summed E-state index contributed by atoms with van der Waals surface area (Å²) < 4.78 is 46.2. The molecule has 2 aromatic rings. The van der Waals surface area contributed by atoms with Crippen LogP contribution in [0.3, 0.4) is 0 Å². The number of aliphatic hydroxyl groups excluding tert-OH is 1. The van der Waals surface area contributed by atoms with Gasteiger partial charge in [-0.1, -0.05) is 29.8 Å². The van der Waals surface area contributed by atoms with E-state index in [4.69, 9.17) is 9.84 Å². The second-order valence-corrected chi connectivity index (χ2v) is 7.49. The largest absolute Gasteiger partial charge is 0.394 e. The molecule has 2 rings (SSSR count). The summed E-state index contributed by atoms with van der Waals surface area (Å²) in [5.74, 6) is -0.486. The van der Waals surface area contributed by atoms with Gasteiger partial charge in [-0.05, 0) is 43.2 Å². The third-order valence-corrected chi connectivity index (χ3v) is 5.33. The number of sulfonamides is 1. The first kappa shape index (κ1) is 19.5. The number of benzene rings is 2. The van der Waals surface area contributed by atoms with E-state index in [0.29, 0.717) is 5.56 Å². The molecule has 0 saturated heterocycles. The van der Waals surface area contributed by atoms with Crippen LogP contribution in [-0.2, 0) is 14.8 Å². The van der Waals surface area contributed by atoms with Crippen molar-refractivity contribution in [1.82, 2.24) is 4.72 Å². The number of hydrogen-bond acceptors (Lipinski definition) is 4. The minimum Gasteiger partial charge on any atom is -0.394 e. The molecule has 5 nitrogen and oxygen atoms in total. The summed E-state index contributed by atoms with van der Waals surface area (Å²) in [6.45, 7) is 3.43. The fourth-order valence-electron chi connectivity index (χ4n) is 2.43. The normalized spacial score (nSPS) is 13.0. The van der Waals surface area contributed by atoms with Gasteiger partial charge in [0.25, 0.3) is 0 Å². The molecule has 0 amide bonds. The smallest absolute Gasteiger partial charge is 0.240 e. The number of ether oxygens (including phenoxy) is 1. The minimum atomic E-state index is -3.80. The molecule has 0 saturated carbocycles. The third-order valence-electron chi connectivity index (χ3n) is 3.74. The highest BCUT2D eigenvalue weighted by Gasteiger charge is 2.20. The Kier molecular flexibility index (Phi) is 6.66. The molecule has 0 spiro atoms. The average molecular weight is 367 g/mol. The maximum atomic E-state index is 13.2. The molecule has 0 aliphatic rings. The number of aliphatic hydroxyl groups is 1. The van der Waals surface area contributed by atoms with Crippen molar-refractivity contribution < 1.29 is 22.7 Å². The van der Waals surface area contributed by atoms with Crippen molar-refractivity contribution in [3.05, 3.63) is 65.0 Å². The number of aryl methyl sites for hydroxylation is 2. The van der Waals surface area contributed by atoms with Gasteiger partial charge in [0.15, 0.2) is 0 Å². The predicted molar refractivity (Wildman–Crippen MR) is 93.3 cm³/mol. The predicted octanol–water partition coefficient (Wildman–Crippen LogP) is 2.47. The molecule has 2 N–H and O–H groups in total. The van der Waals surface area contributed by atoms with Crippen molar-refractivity contribution in [3.63, 3.8) is 0 Å². The van der Waals surface area contributed by atoms with Crippen LogP contribution in [0.2, 0.25) is 0 Å². The van der Waals surface area contributed by atoms with Crippen LogP contribution in [0.15, 0.2) is 47.4 Å². The van der Waals surface area contributed by atoms with Gasteiger partial charge in [-0.25, -0.2) is 17.5 Å². The van der Waals surface area contributed by atoms with Crippen LogP contribution in [0.4, 0.5) is 4.39 Å². The molecule has 0 bridgehead atoms. The van der Waals surface area contributed by atoms with Crippen molar-refractivity contribution >= 4 is 10.0 Å². The lowest BCUT2D eigenvalue weighted by molar-refractivity contribution is 0.0309. The zero-order valence-electron chi connectivity index (χ0n) is 14.2. The summed E-state index contributed by atoms with van der Waals surface area (Å²) in [5.41, 5.74) is 2.21. The number of halogens is 1. The average Bonchev–Trinajstić information content (AvgIpc) is 2.55. The SMILES string of the molecule is Cc1ccc([C@H](CNS(=O)(=O)c2ccc(F)cc2C)OCCO)cc1. The Morgan fingerprint density at radius 1 is 1.16 bits per heavy atom. The van der Waals surface area contributed by atoms with Crippen LogP contribution in [0.5, 0.6) is 0 Å². The van der Waals surface area contributed by atoms with E-state index in [0.717, 1.165) is 17.2 Å². The Morgan fingerprint density at radius 3 is 2.44 bits per heavy atom. The number of nitrogens with one attached hydrogen (secondary N) is 1. The first-order valence-electron chi connectivity index (χ1n) is 7.88. The molecule has 0 heterocycles. The van der Waals surface area contributed by atoms with Gasteiger partial charge in [0.05, 0.1) is 24.2 Å². The Bertz CT molecular complexity index is 806. The van der Waals surface area contributed by atoms with Gasteiger partial charge in [0.1, 0.15) is 5.82 Å². The van der Waals surface area contributed by atoms with E-state index in [1.165, 1.54) is 19.1 Å². The molecule has 0 aromatic heterocycles. The molecular weight excluding hydrogens is 345 g/mol. The molecule has 7 heteroatoms. The summed E-state index contributed by atoms with van der Waals surface area (Å²) >= 11 is 0. The summed E-state index contributed by atoms with van der Waals surface area (Å²) in [6.07, 6.45) is -0.539. The van der Waals surface area contributed by atoms with Crippen LogP contribution < -0.4 is 4.72 Å². The van der Waals surface area contributed by atoms with Crippen molar-refractivity contribution in [2.45, 2.75) is 24.8 Å². The molecule has 2 aromatic carbocycles. The van der Waals surface area contributed by atoms with Gasteiger partial charge in [-0.2, -0.15) is 0 Å². The molecule has 0 radical (unpaired) electrons. The molecule has 0 aliphatic heterocycles. The first-order valence-corrected chi connectivity index (χ1v) is 9.36. The van der Waals surface area contributed by atoms with Gasteiger partial charge in [-0.3, -0.25) is 0 Å². The van der Waals surface area contributed by atoms with E-state index in [9.17, 15) is 12.8 Å². The van der Waals surface area contributed by atoms with Crippen molar-refractivity contribution in [2.24, 2.45) is 0 Å². The van der Waals surface area contributed by atoms with E-state index < -0.39 is 21.9 Å². The minimum absolute atomic E-state index is 0.00219. The first-order chi connectivity index (χ1) is 11.8. The molecule has 0 unspecified atom stereocenters. The van der Waals surface area contributed by atoms with Crippen molar-refractivity contribution in [3.8, 4) is 0 Å². The Morgan fingerprint density at radius 2 is 1.84 bits per heavy atom. The molecule has 25 heavy (non-hydrogen) atoms. The molecule has 1 atom stereocenters. The van der Waals surface area contributed by atoms with Crippen LogP contribution in [0.1, 0.15) is 22.8 Å². The highest BCUT2D eigenvalue weighted by atomic mass is 32.2. The standard InChI is InChI=1S/C18H22FNO4S/c1-13-3-5-15(6-4-13)17(24-10-9-21)12-20-25(22,23)18-8-7-16(19)11-14(18)2/h3-8,11,17,20-21H,9-10,12H2,1-2H3/t17-/m0/s1. The van der Waals surface area contributed by atoms with Gasteiger partial charge >= 0.3 is 0 Å². The number of rotatable bonds is 8. The highest BCUT2D eigenvalue weighted by molar-refractivity contribution is 7.89. The summed E-state index contributed by atoms with van der Waals surface area (Å²) in [7, 11) is -3.80. The second kappa shape index (κ2) is 8.53. The Labute approximate surface area is 147 Å². The van der Waals surface area contributed by atoms with Crippen molar-refractivity contribution in [2.75, 3.05) is 19.8 Å². The lowest BCUT2D eigenvalue weighted by Crippen LogP contribution is -2.30. The Hall–Kier alpha value is -1.80. The zero-order chi connectivity index (χ0) is 18.4. The molecule has 0 aliphatic carbocycles. The van der Waals surface area contributed by atoms with Gasteiger partial charge in [0.2, 0.25) is 10.0 Å². The molecule has 0 fully saturated rings. The fourth-order valence-corrected chi connectivity index (χ4v) is 3.68. The van der Waals surface area contributed by atoms with E-state index in [1.807, 2.05) is 31.2 Å². The lowest BCUT2D eigenvalue weighted by Gasteiger charge is -2.19.